The average molecular weight is 430 g/mol. The number of nitrogens with one attached hydrogen (secondary N) is 1. The van der Waals surface area contributed by atoms with Crippen LogP contribution in [-0.4, -0.2) is 52.0 Å². The molecule has 9 nitrogen and oxygen atoms in total. The number of hydrogen-bond donors (Lipinski definition) is 1. The van der Waals surface area contributed by atoms with Crippen molar-refractivity contribution >= 4 is 22.9 Å². The van der Waals surface area contributed by atoms with E-state index in [0.717, 1.165) is 35.8 Å². The van der Waals surface area contributed by atoms with E-state index in [-0.39, 0.29) is 0 Å². The first-order valence-corrected chi connectivity index (χ1v) is 10.2. The Hall–Kier alpha value is -3.98. The third-order valence-corrected chi connectivity index (χ3v) is 5.15. The maximum Gasteiger partial charge on any atom is 0.256 e. The molecule has 4 aromatic heterocycles. The molecule has 0 saturated carbocycles. The predicted molar refractivity (Wildman–Crippen MR) is 120 cm³/mol. The van der Waals surface area contributed by atoms with E-state index in [1.54, 1.807) is 24.9 Å². The quantitative estimate of drug-likeness (QED) is 0.494. The van der Waals surface area contributed by atoms with Crippen LogP contribution in [-0.2, 0) is 4.74 Å². The zero-order valence-electron chi connectivity index (χ0n) is 17.8. The van der Waals surface area contributed by atoms with Crippen molar-refractivity contribution in [3.05, 3.63) is 60.6 Å². The first-order chi connectivity index (χ1) is 15.7. The van der Waals surface area contributed by atoms with E-state index in [4.69, 9.17) is 24.2 Å². The third-order valence-electron chi connectivity index (χ3n) is 5.15. The van der Waals surface area contributed by atoms with Crippen LogP contribution in [0.3, 0.4) is 0 Å². The zero-order valence-corrected chi connectivity index (χ0v) is 17.8. The molecular formula is C23H22N6O3. The minimum absolute atomic E-state index is 0.430. The smallest absolute Gasteiger partial charge is 0.256 e. The summed E-state index contributed by atoms with van der Waals surface area (Å²) in [6.45, 7) is 1.35. The molecule has 0 radical (unpaired) electrons. The molecule has 0 amide bonds. The van der Waals surface area contributed by atoms with E-state index in [2.05, 4.69) is 21.5 Å². The van der Waals surface area contributed by atoms with Gasteiger partial charge in [0.1, 0.15) is 5.82 Å². The van der Waals surface area contributed by atoms with Gasteiger partial charge in [0.15, 0.2) is 17.2 Å². The minimum Gasteiger partial charge on any atom is -0.491 e. The molecule has 4 aromatic rings. The number of rotatable bonds is 6. The molecule has 5 heterocycles. The molecule has 162 valence electrons. The highest BCUT2D eigenvalue weighted by atomic mass is 16.5. The van der Waals surface area contributed by atoms with Gasteiger partial charge in [-0.1, -0.05) is 12.1 Å². The van der Waals surface area contributed by atoms with E-state index in [1.807, 2.05) is 42.6 Å². The number of ether oxygens (including phenoxy) is 3. The van der Waals surface area contributed by atoms with Crippen LogP contribution in [0.25, 0.3) is 22.5 Å². The summed E-state index contributed by atoms with van der Waals surface area (Å²) in [6, 6.07) is 11.5. The molecule has 1 aliphatic rings. The lowest BCUT2D eigenvalue weighted by atomic mass is 10.1. The zero-order chi connectivity index (χ0) is 21.9. The largest absolute Gasteiger partial charge is 0.491 e. The van der Waals surface area contributed by atoms with E-state index >= 15 is 0 Å². The fraction of sp³-hybridized carbons (Fsp3) is 0.217. The highest BCUT2D eigenvalue weighted by Crippen LogP contribution is 2.29. The van der Waals surface area contributed by atoms with Crippen molar-refractivity contribution in [3.63, 3.8) is 0 Å². The lowest BCUT2D eigenvalue weighted by Gasteiger charge is -2.13. The van der Waals surface area contributed by atoms with E-state index in [1.165, 1.54) is 5.57 Å². The maximum absolute atomic E-state index is 5.39. The summed E-state index contributed by atoms with van der Waals surface area (Å²) in [6.07, 6.45) is 6.50. The van der Waals surface area contributed by atoms with Crippen LogP contribution in [0.1, 0.15) is 12.1 Å². The SMILES string of the molecule is COc1cc(-c2ccn3nc(Nc4cccc(C5=CCOCC5)n4)cc3n2)cnc1OC. The van der Waals surface area contributed by atoms with Crippen molar-refractivity contribution in [1.82, 2.24) is 24.6 Å². The molecule has 0 aromatic carbocycles. The van der Waals surface area contributed by atoms with Gasteiger partial charge in [-0.15, -0.1) is 5.10 Å². The second-order valence-electron chi connectivity index (χ2n) is 7.17. The molecular weight excluding hydrogens is 408 g/mol. The van der Waals surface area contributed by atoms with Crippen molar-refractivity contribution in [2.24, 2.45) is 0 Å². The number of fused-ring (bicyclic) bond motifs is 1. The summed E-state index contributed by atoms with van der Waals surface area (Å²) in [5, 5.41) is 7.83. The number of nitrogens with zero attached hydrogens (tertiary/aromatic N) is 5. The van der Waals surface area contributed by atoms with Crippen molar-refractivity contribution in [1.29, 1.82) is 0 Å². The molecule has 9 heteroatoms. The van der Waals surface area contributed by atoms with Crippen LogP contribution in [0.15, 0.2) is 54.9 Å². The van der Waals surface area contributed by atoms with Gasteiger partial charge in [-0.25, -0.2) is 19.5 Å². The molecule has 0 fully saturated rings. The Bertz CT molecular complexity index is 1300. The monoisotopic (exact) mass is 430 g/mol. The average Bonchev–Trinajstić information content (AvgIpc) is 3.25. The molecule has 32 heavy (non-hydrogen) atoms. The summed E-state index contributed by atoms with van der Waals surface area (Å²) < 4.78 is 17.7. The maximum atomic E-state index is 5.39. The molecule has 0 unspecified atom stereocenters. The summed E-state index contributed by atoms with van der Waals surface area (Å²) in [5.41, 5.74) is 4.42. The molecule has 0 bridgehead atoms. The van der Waals surface area contributed by atoms with Gasteiger partial charge in [0.2, 0.25) is 0 Å². The van der Waals surface area contributed by atoms with E-state index < -0.39 is 0 Å². The van der Waals surface area contributed by atoms with Crippen molar-refractivity contribution in [2.75, 3.05) is 32.8 Å². The Labute approximate surface area is 184 Å². The summed E-state index contributed by atoms with van der Waals surface area (Å²) in [5.74, 6) is 2.36. The number of aromatic nitrogens is 5. The number of pyridine rings is 2. The normalized spacial score (nSPS) is 13.6. The van der Waals surface area contributed by atoms with Crippen LogP contribution in [0.2, 0.25) is 0 Å². The topological polar surface area (TPSA) is 95.7 Å². The van der Waals surface area contributed by atoms with Gasteiger partial charge < -0.3 is 19.5 Å². The van der Waals surface area contributed by atoms with Crippen LogP contribution in [0, 0.1) is 0 Å². The minimum atomic E-state index is 0.430. The van der Waals surface area contributed by atoms with Crippen molar-refractivity contribution < 1.29 is 14.2 Å². The number of methoxy groups -OCH3 is 2. The van der Waals surface area contributed by atoms with Crippen LogP contribution < -0.4 is 14.8 Å². The fourth-order valence-electron chi connectivity index (χ4n) is 3.55. The van der Waals surface area contributed by atoms with E-state index in [9.17, 15) is 0 Å². The Morgan fingerprint density at radius 1 is 1.03 bits per heavy atom. The molecule has 0 spiro atoms. The van der Waals surface area contributed by atoms with Gasteiger partial charge in [0.25, 0.3) is 5.88 Å². The van der Waals surface area contributed by atoms with Crippen molar-refractivity contribution in [3.8, 4) is 22.9 Å². The number of hydrogen-bond acceptors (Lipinski definition) is 8. The fourth-order valence-corrected chi connectivity index (χ4v) is 3.55. The van der Waals surface area contributed by atoms with Gasteiger partial charge in [0, 0.05) is 24.0 Å². The third kappa shape index (κ3) is 3.97. The molecule has 0 atom stereocenters. The van der Waals surface area contributed by atoms with E-state index in [0.29, 0.717) is 29.7 Å². The Kier molecular flexibility index (Phi) is 5.39. The van der Waals surface area contributed by atoms with Gasteiger partial charge in [0.05, 0.1) is 38.8 Å². The summed E-state index contributed by atoms with van der Waals surface area (Å²) in [4.78, 5) is 13.7. The second kappa shape index (κ2) is 8.64. The molecule has 0 aliphatic carbocycles. The Balaban J connectivity index is 1.41. The Morgan fingerprint density at radius 2 is 1.97 bits per heavy atom. The lowest BCUT2D eigenvalue weighted by molar-refractivity contribution is 0.161. The standard InChI is InChI=1S/C23H22N6O3/c1-30-19-12-16(14-24-23(19)31-2)18-6-9-29-22(26-18)13-21(28-29)27-20-5-3-4-17(25-20)15-7-10-32-11-8-15/h3-7,9,12-14H,8,10-11H2,1-2H3,(H,25,27,28). The number of anilines is 2. The molecule has 5 rings (SSSR count). The van der Waals surface area contributed by atoms with Crippen LogP contribution in [0.5, 0.6) is 11.6 Å². The van der Waals surface area contributed by atoms with Gasteiger partial charge in [-0.2, -0.15) is 0 Å². The highest BCUT2D eigenvalue weighted by molar-refractivity contribution is 5.67. The first-order valence-electron chi connectivity index (χ1n) is 10.2. The molecule has 1 aliphatic heterocycles. The lowest BCUT2D eigenvalue weighted by Crippen LogP contribution is -2.05. The molecule has 0 saturated heterocycles. The van der Waals surface area contributed by atoms with Crippen LogP contribution >= 0.6 is 0 Å². The van der Waals surface area contributed by atoms with Gasteiger partial charge in [-0.05, 0) is 36.3 Å². The highest BCUT2D eigenvalue weighted by Gasteiger charge is 2.12. The predicted octanol–water partition coefficient (Wildman–Crippen LogP) is 3.75. The van der Waals surface area contributed by atoms with Crippen molar-refractivity contribution in [2.45, 2.75) is 6.42 Å². The van der Waals surface area contributed by atoms with Gasteiger partial charge >= 0.3 is 0 Å². The van der Waals surface area contributed by atoms with Crippen LogP contribution in [0.4, 0.5) is 11.6 Å². The molecule has 1 N–H and O–H groups in total. The van der Waals surface area contributed by atoms with Gasteiger partial charge in [-0.3, -0.25) is 0 Å². The Morgan fingerprint density at radius 3 is 2.78 bits per heavy atom. The first kappa shape index (κ1) is 20.0. The summed E-state index contributed by atoms with van der Waals surface area (Å²) in [7, 11) is 3.14. The summed E-state index contributed by atoms with van der Waals surface area (Å²) >= 11 is 0. The second-order valence-corrected chi connectivity index (χ2v) is 7.17.